The molecule has 0 aliphatic carbocycles. The summed E-state index contributed by atoms with van der Waals surface area (Å²) >= 11 is 1.71. The van der Waals surface area contributed by atoms with E-state index in [0.717, 1.165) is 6.54 Å². The molecule has 4 aromatic rings. The van der Waals surface area contributed by atoms with E-state index in [9.17, 15) is 5.11 Å². The minimum atomic E-state index is -0.414. The minimum absolute atomic E-state index is 0.414. The molecule has 4 heteroatoms. The highest BCUT2D eigenvalue weighted by Crippen LogP contribution is 2.28. The zero-order valence-electron chi connectivity index (χ0n) is 14.3. The highest BCUT2D eigenvalue weighted by Gasteiger charge is 2.14. The molecule has 0 spiro atoms. The molecular formula is C21H22N2OS. The van der Waals surface area contributed by atoms with Gasteiger partial charge < -0.3 is 9.67 Å². The zero-order valence-corrected chi connectivity index (χ0v) is 15.1. The molecule has 0 amide bonds. The predicted octanol–water partition coefficient (Wildman–Crippen LogP) is 4.35. The number of nitrogens with zero attached hydrogens (tertiary/aromatic N) is 2. The fraction of sp³-hybridized carbons (Fsp3) is 0.238. The van der Waals surface area contributed by atoms with Gasteiger partial charge in [0.25, 0.3) is 0 Å². The van der Waals surface area contributed by atoms with Crippen LogP contribution in [-0.4, -0.2) is 34.3 Å². The Morgan fingerprint density at radius 2 is 1.64 bits per heavy atom. The third kappa shape index (κ3) is 3.33. The first kappa shape index (κ1) is 16.3. The molecule has 0 saturated heterocycles. The molecule has 128 valence electrons. The van der Waals surface area contributed by atoms with Crippen LogP contribution >= 0.6 is 11.3 Å². The molecule has 1 atom stereocenters. The normalized spacial score (nSPS) is 13.1. The maximum Gasteiger partial charge on any atom is 0.0845 e. The number of benzene rings is 2. The summed E-state index contributed by atoms with van der Waals surface area (Å²) in [6.07, 6.45) is -0.414. The SMILES string of the molecule is CN(Cc1ccsc1)CC(O)Cn1c2ccccc2c2ccccc21. The number of fused-ring (bicyclic) bond motifs is 3. The van der Waals surface area contributed by atoms with Crippen LogP contribution in [0.1, 0.15) is 5.56 Å². The summed E-state index contributed by atoms with van der Waals surface area (Å²) in [6.45, 7) is 2.12. The van der Waals surface area contributed by atoms with Crippen LogP contribution in [0.4, 0.5) is 0 Å². The highest BCUT2D eigenvalue weighted by molar-refractivity contribution is 7.07. The summed E-state index contributed by atoms with van der Waals surface area (Å²) in [5.41, 5.74) is 3.67. The Balaban J connectivity index is 1.57. The lowest BCUT2D eigenvalue weighted by Gasteiger charge is -2.21. The lowest BCUT2D eigenvalue weighted by molar-refractivity contribution is 0.109. The Hall–Kier alpha value is -2.14. The number of aliphatic hydroxyl groups is 1. The number of hydrogen-bond donors (Lipinski definition) is 1. The van der Waals surface area contributed by atoms with Gasteiger partial charge in [0.1, 0.15) is 0 Å². The van der Waals surface area contributed by atoms with Crippen molar-refractivity contribution in [2.45, 2.75) is 19.2 Å². The number of aromatic nitrogens is 1. The van der Waals surface area contributed by atoms with Gasteiger partial charge in [-0.25, -0.2) is 0 Å². The minimum Gasteiger partial charge on any atom is -0.390 e. The van der Waals surface area contributed by atoms with Crippen molar-refractivity contribution >= 4 is 33.1 Å². The van der Waals surface area contributed by atoms with E-state index in [0.29, 0.717) is 13.1 Å². The van der Waals surface area contributed by atoms with Gasteiger partial charge in [-0.15, -0.1) is 0 Å². The van der Waals surface area contributed by atoms with Gasteiger partial charge in [-0.1, -0.05) is 36.4 Å². The molecule has 0 aliphatic heterocycles. The molecule has 1 N–H and O–H groups in total. The van der Waals surface area contributed by atoms with Gasteiger partial charge in [-0.05, 0) is 41.6 Å². The molecular weight excluding hydrogens is 328 g/mol. The Bertz CT molecular complexity index is 921. The molecule has 3 nitrogen and oxygen atoms in total. The summed E-state index contributed by atoms with van der Waals surface area (Å²) in [7, 11) is 2.06. The summed E-state index contributed by atoms with van der Waals surface area (Å²) in [4.78, 5) is 2.18. The molecule has 25 heavy (non-hydrogen) atoms. The average Bonchev–Trinajstić information content (AvgIpc) is 3.22. The Morgan fingerprint density at radius 3 is 2.24 bits per heavy atom. The maximum atomic E-state index is 10.7. The topological polar surface area (TPSA) is 28.4 Å². The van der Waals surface area contributed by atoms with Gasteiger partial charge in [-0.2, -0.15) is 11.3 Å². The molecule has 0 fully saturated rings. The van der Waals surface area contributed by atoms with Crippen LogP contribution < -0.4 is 0 Å². The van der Waals surface area contributed by atoms with E-state index in [4.69, 9.17) is 0 Å². The third-order valence-corrected chi connectivity index (χ3v) is 5.36. The van der Waals surface area contributed by atoms with Crippen molar-refractivity contribution in [3.05, 3.63) is 70.9 Å². The van der Waals surface area contributed by atoms with Gasteiger partial charge in [0, 0.05) is 34.9 Å². The first-order valence-corrected chi connectivity index (χ1v) is 9.50. The largest absolute Gasteiger partial charge is 0.390 e. The van der Waals surface area contributed by atoms with Crippen LogP contribution in [0.5, 0.6) is 0 Å². The highest BCUT2D eigenvalue weighted by atomic mass is 32.1. The van der Waals surface area contributed by atoms with Crippen molar-refractivity contribution in [2.24, 2.45) is 0 Å². The van der Waals surface area contributed by atoms with Gasteiger partial charge in [0.2, 0.25) is 0 Å². The summed E-state index contributed by atoms with van der Waals surface area (Å²) < 4.78 is 2.24. The first-order valence-electron chi connectivity index (χ1n) is 8.56. The van der Waals surface area contributed by atoms with E-state index in [2.05, 4.69) is 81.9 Å². The smallest absolute Gasteiger partial charge is 0.0845 e. The molecule has 1 unspecified atom stereocenters. The quantitative estimate of drug-likeness (QED) is 0.560. The zero-order chi connectivity index (χ0) is 17.2. The molecule has 2 aromatic heterocycles. The number of thiophene rings is 1. The van der Waals surface area contributed by atoms with Gasteiger partial charge in [0.05, 0.1) is 12.6 Å². The van der Waals surface area contributed by atoms with E-state index in [1.165, 1.54) is 27.4 Å². The van der Waals surface area contributed by atoms with Crippen molar-refractivity contribution < 1.29 is 5.11 Å². The van der Waals surface area contributed by atoms with Gasteiger partial charge >= 0.3 is 0 Å². The lowest BCUT2D eigenvalue weighted by Crippen LogP contribution is -2.31. The summed E-state index contributed by atoms with van der Waals surface area (Å²) in [5.74, 6) is 0. The third-order valence-electron chi connectivity index (χ3n) is 4.63. The monoisotopic (exact) mass is 350 g/mol. The standard InChI is InChI=1S/C21H22N2OS/c1-22(12-16-10-11-25-15-16)13-17(24)14-23-20-8-4-2-6-18(20)19-7-3-5-9-21(19)23/h2-11,15,17,24H,12-14H2,1H3. The van der Waals surface area contributed by atoms with Crippen molar-refractivity contribution in [3.8, 4) is 0 Å². The lowest BCUT2D eigenvalue weighted by atomic mass is 10.2. The number of para-hydroxylation sites is 2. The number of aliphatic hydroxyl groups excluding tert-OH is 1. The Morgan fingerprint density at radius 1 is 1.00 bits per heavy atom. The second kappa shape index (κ2) is 7.00. The van der Waals surface area contributed by atoms with Crippen molar-refractivity contribution in [1.29, 1.82) is 0 Å². The van der Waals surface area contributed by atoms with Gasteiger partial charge in [-0.3, -0.25) is 4.90 Å². The Labute approximate surface area is 151 Å². The van der Waals surface area contributed by atoms with E-state index >= 15 is 0 Å². The fourth-order valence-electron chi connectivity index (χ4n) is 3.59. The average molecular weight is 350 g/mol. The molecule has 2 heterocycles. The summed E-state index contributed by atoms with van der Waals surface area (Å²) in [5, 5.41) is 17.4. The second-order valence-corrected chi connectivity index (χ2v) is 7.41. The molecule has 0 aliphatic rings. The van der Waals surface area contributed by atoms with E-state index < -0.39 is 6.10 Å². The first-order chi connectivity index (χ1) is 12.2. The second-order valence-electron chi connectivity index (χ2n) is 6.63. The Kier molecular flexibility index (Phi) is 4.57. The van der Waals surface area contributed by atoms with Crippen LogP contribution in [0.2, 0.25) is 0 Å². The van der Waals surface area contributed by atoms with Gasteiger partial charge in [0.15, 0.2) is 0 Å². The predicted molar refractivity (Wildman–Crippen MR) is 106 cm³/mol. The number of likely N-dealkylation sites (N-methyl/N-ethyl adjacent to an activating group) is 1. The van der Waals surface area contributed by atoms with Crippen molar-refractivity contribution in [1.82, 2.24) is 9.47 Å². The molecule has 0 radical (unpaired) electrons. The van der Waals surface area contributed by atoms with Crippen LogP contribution in [0.15, 0.2) is 65.4 Å². The van der Waals surface area contributed by atoms with Crippen LogP contribution in [0, 0.1) is 0 Å². The number of rotatable bonds is 6. The number of hydrogen-bond acceptors (Lipinski definition) is 3. The molecule has 2 aromatic carbocycles. The molecule has 0 saturated carbocycles. The van der Waals surface area contributed by atoms with Crippen LogP contribution in [-0.2, 0) is 13.1 Å². The van der Waals surface area contributed by atoms with E-state index in [1.807, 2.05) is 0 Å². The fourth-order valence-corrected chi connectivity index (χ4v) is 4.25. The van der Waals surface area contributed by atoms with Crippen molar-refractivity contribution in [3.63, 3.8) is 0 Å². The van der Waals surface area contributed by atoms with Crippen molar-refractivity contribution in [2.75, 3.05) is 13.6 Å². The van der Waals surface area contributed by atoms with E-state index in [1.54, 1.807) is 11.3 Å². The van der Waals surface area contributed by atoms with Crippen LogP contribution in [0.25, 0.3) is 21.8 Å². The van der Waals surface area contributed by atoms with Crippen LogP contribution in [0.3, 0.4) is 0 Å². The molecule has 4 rings (SSSR count). The maximum absolute atomic E-state index is 10.7. The summed E-state index contributed by atoms with van der Waals surface area (Å²) in [6, 6.07) is 19.0. The molecule has 0 bridgehead atoms. The van der Waals surface area contributed by atoms with E-state index in [-0.39, 0.29) is 0 Å².